The van der Waals surface area contributed by atoms with E-state index in [4.69, 9.17) is 0 Å². The molecule has 2 amide bonds. The maximum atomic E-state index is 13.4. The van der Waals surface area contributed by atoms with Gasteiger partial charge >= 0.3 is 0 Å². The van der Waals surface area contributed by atoms with Crippen molar-refractivity contribution in [3.8, 4) is 10.6 Å². The van der Waals surface area contributed by atoms with Crippen LogP contribution in [-0.4, -0.2) is 52.8 Å². The van der Waals surface area contributed by atoms with Gasteiger partial charge in [-0.3, -0.25) is 9.59 Å². The summed E-state index contributed by atoms with van der Waals surface area (Å²) in [6, 6.07) is 12.9. The van der Waals surface area contributed by atoms with Gasteiger partial charge in [-0.05, 0) is 18.2 Å². The molecule has 1 fully saturated rings. The van der Waals surface area contributed by atoms with Crippen LogP contribution in [0.15, 0.2) is 53.9 Å². The third-order valence-electron chi connectivity index (χ3n) is 4.99. The molecule has 0 bridgehead atoms. The molecule has 0 radical (unpaired) electrons. The molecule has 0 saturated carbocycles. The molecule has 0 N–H and O–H groups in total. The van der Waals surface area contributed by atoms with Crippen molar-refractivity contribution in [2.75, 3.05) is 26.2 Å². The Morgan fingerprint density at radius 1 is 0.933 bits per heavy atom. The summed E-state index contributed by atoms with van der Waals surface area (Å²) in [4.78, 5) is 32.9. The second-order valence-corrected chi connectivity index (χ2v) is 7.85. The first kappa shape index (κ1) is 20.2. The van der Waals surface area contributed by atoms with Crippen molar-refractivity contribution in [3.05, 3.63) is 76.8 Å². The number of nitrogens with zero attached hydrogens (tertiary/aromatic N) is 3. The summed E-state index contributed by atoms with van der Waals surface area (Å²) in [5, 5.41) is 2.77. The highest BCUT2D eigenvalue weighted by molar-refractivity contribution is 7.13. The van der Waals surface area contributed by atoms with Crippen LogP contribution in [0.25, 0.3) is 10.6 Å². The van der Waals surface area contributed by atoms with Gasteiger partial charge in [0.1, 0.15) is 5.01 Å². The highest BCUT2D eigenvalue weighted by Gasteiger charge is 2.25. The maximum absolute atomic E-state index is 13.4. The number of hydrogen-bond donors (Lipinski definition) is 0. The second kappa shape index (κ2) is 8.71. The van der Waals surface area contributed by atoms with E-state index in [1.807, 2.05) is 35.7 Å². The van der Waals surface area contributed by atoms with E-state index in [9.17, 15) is 18.4 Å². The molecule has 0 aliphatic carbocycles. The lowest BCUT2D eigenvalue weighted by molar-refractivity contribution is -0.132. The molecule has 4 rings (SSSR count). The van der Waals surface area contributed by atoms with E-state index in [1.165, 1.54) is 17.4 Å². The van der Waals surface area contributed by atoms with E-state index < -0.39 is 11.6 Å². The fourth-order valence-corrected chi connectivity index (χ4v) is 4.16. The van der Waals surface area contributed by atoms with Crippen molar-refractivity contribution in [2.24, 2.45) is 0 Å². The summed E-state index contributed by atoms with van der Waals surface area (Å²) in [6.45, 7) is 1.47. The number of halogens is 2. The molecule has 1 aliphatic rings. The van der Waals surface area contributed by atoms with Gasteiger partial charge in [-0.25, -0.2) is 13.8 Å². The zero-order valence-corrected chi connectivity index (χ0v) is 16.9. The Balaban J connectivity index is 1.33. The van der Waals surface area contributed by atoms with Gasteiger partial charge in [-0.2, -0.15) is 0 Å². The van der Waals surface area contributed by atoms with Gasteiger partial charge in [0.15, 0.2) is 11.6 Å². The van der Waals surface area contributed by atoms with Gasteiger partial charge in [0, 0.05) is 42.7 Å². The van der Waals surface area contributed by atoms with Gasteiger partial charge < -0.3 is 9.80 Å². The average molecular weight is 427 g/mol. The van der Waals surface area contributed by atoms with Gasteiger partial charge in [0.05, 0.1) is 12.1 Å². The Kier molecular flexibility index (Phi) is 5.85. The third kappa shape index (κ3) is 4.38. The number of carbonyl (C=O) groups is 2. The molecule has 2 aromatic carbocycles. The minimum absolute atomic E-state index is 0.0418. The lowest BCUT2D eigenvalue weighted by Crippen LogP contribution is -2.51. The summed E-state index contributed by atoms with van der Waals surface area (Å²) in [6.07, 6.45) is 0.209. The molecule has 3 aromatic rings. The highest BCUT2D eigenvalue weighted by Crippen LogP contribution is 2.23. The molecule has 0 spiro atoms. The maximum Gasteiger partial charge on any atom is 0.254 e. The molecular weight excluding hydrogens is 408 g/mol. The second-order valence-electron chi connectivity index (χ2n) is 6.99. The minimum atomic E-state index is -1.05. The van der Waals surface area contributed by atoms with E-state index in [1.54, 1.807) is 9.80 Å². The van der Waals surface area contributed by atoms with Crippen LogP contribution in [0.1, 0.15) is 16.1 Å². The SMILES string of the molecule is O=C(Cc1csc(-c2ccccc2)n1)N1CCN(C(=O)c2ccc(F)c(F)c2)CC1. The summed E-state index contributed by atoms with van der Waals surface area (Å²) < 4.78 is 26.5. The molecule has 0 unspecified atom stereocenters. The predicted molar refractivity (Wildman–Crippen MR) is 110 cm³/mol. The molecule has 2 heterocycles. The fourth-order valence-electron chi connectivity index (χ4n) is 3.34. The Bertz CT molecular complexity index is 1060. The standard InChI is InChI=1S/C22H19F2N3O2S/c23-18-7-6-16(12-19(18)24)22(29)27-10-8-26(9-11-27)20(28)13-17-14-30-21(25-17)15-4-2-1-3-5-15/h1-7,12,14H,8-11,13H2. The number of piperazine rings is 1. The molecule has 1 saturated heterocycles. The smallest absolute Gasteiger partial charge is 0.254 e. The van der Waals surface area contributed by atoms with Gasteiger partial charge in [-0.15, -0.1) is 11.3 Å². The van der Waals surface area contributed by atoms with E-state index in [0.29, 0.717) is 26.2 Å². The normalized spacial score (nSPS) is 14.1. The number of thiazole rings is 1. The lowest BCUT2D eigenvalue weighted by atomic mass is 10.1. The minimum Gasteiger partial charge on any atom is -0.339 e. The highest BCUT2D eigenvalue weighted by atomic mass is 32.1. The number of hydrogen-bond acceptors (Lipinski definition) is 4. The van der Waals surface area contributed by atoms with Crippen LogP contribution in [0.4, 0.5) is 8.78 Å². The zero-order chi connectivity index (χ0) is 21.1. The van der Waals surface area contributed by atoms with E-state index >= 15 is 0 Å². The Hall–Kier alpha value is -3.13. The molecule has 154 valence electrons. The lowest BCUT2D eigenvalue weighted by Gasteiger charge is -2.34. The topological polar surface area (TPSA) is 53.5 Å². The number of carbonyl (C=O) groups excluding carboxylic acids is 2. The van der Waals surface area contributed by atoms with Crippen LogP contribution >= 0.6 is 11.3 Å². The van der Waals surface area contributed by atoms with Crippen molar-refractivity contribution in [2.45, 2.75) is 6.42 Å². The van der Waals surface area contributed by atoms with Crippen molar-refractivity contribution in [3.63, 3.8) is 0 Å². The Labute approximate surface area is 176 Å². The first-order valence-electron chi connectivity index (χ1n) is 9.53. The first-order valence-corrected chi connectivity index (χ1v) is 10.4. The monoisotopic (exact) mass is 427 g/mol. The molecular formula is C22H19F2N3O2S. The number of amides is 2. The summed E-state index contributed by atoms with van der Waals surface area (Å²) in [5.74, 6) is -2.44. The molecule has 1 aliphatic heterocycles. The van der Waals surface area contributed by atoms with Crippen LogP contribution in [-0.2, 0) is 11.2 Å². The number of aromatic nitrogens is 1. The van der Waals surface area contributed by atoms with Crippen LogP contribution < -0.4 is 0 Å². The molecule has 0 atom stereocenters. The third-order valence-corrected chi connectivity index (χ3v) is 5.93. The van der Waals surface area contributed by atoms with E-state index in [0.717, 1.165) is 28.4 Å². The van der Waals surface area contributed by atoms with Crippen molar-refractivity contribution < 1.29 is 18.4 Å². The van der Waals surface area contributed by atoms with E-state index in [-0.39, 0.29) is 23.8 Å². The molecule has 8 heteroatoms. The molecule has 5 nitrogen and oxygen atoms in total. The van der Waals surface area contributed by atoms with Crippen LogP contribution in [0.3, 0.4) is 0 Å². The van der Waals surface area contributed by atoms with Gasteiger partial charge in [0.2, 0.25) is 5.91 Å². The molecule has 30 heavy (non-hydrogen) atoms. The summed E-state index contributed by atoms with van der Waals surface area (Å²) in [5.41, 5.74) is 1.85. The van der Waals surface area contributed by atoms with Gasteiger partial charge in [-0.1, -0.05) is 30.3 Å². The first-order chi connectivity index (χ1) is 14.5. The van der Waals surface area contributed by atoms with Crippen LogP contribution in [0.5, 0.6) is 0 Å². The summed E-state index contributed by atoms with van der Waals surface area (Å²) >= 11 is 1.50. The van der Waals surface area contributed by atoms with Crippen molar-refractivity contribution >= 4 is 23.2 Å². The number of benzene rings is 2. The quantitative estimate of drug-likeness (QED) is 0.639. The number of rotatable bonds is 4. The average Bonchev–Trinajstić information content (AvgIpc) is 3.24. The van der Waals surface area contributed by atoms with Crippen molar-refractivity contribution in [1.82, 2.24) is 14.8 Å². The molecule has 1 aromatic heterocycles. The van der Waals surface area contributed by atoms with Crippen LogP contribution in [0.2, 0.25) is 0 Å². The largest absolute Gasteiger partial charge is 0.339 e. The predicted octanol–water partition coefficient (Wildman–Crippen LogP) is 3.62. The zero-order valence-electron chi connectivity index (χ0n) is 16.1. The summed E-state index contributed by atoms with van der Waals surface area (Å²) in [7, 11) is 0. The van der Waals surface area contributed by atoms with Crippen LogP contribution in [0, 0.1) is 11.6 Å². The fraction of sp³-hybridized carbons (Fsp3) is 0.227. The Morgan fingerprint density at radius 2 is 1.63 bits per heavy atom. The van der Waals surface area contributed by atoms with Gasteiger partial charge in [0.25, 0.3) is 5.91 Å². The Morgan fingerprint density at radius 3 is 2.33 bits per heavy atom. The van der Waals surface area contributed by atoms with E-state index in [2.05, 4.69) is 4.98 Å². The van der Waals surface area contributed by atoms with Crippen molar-refractivity contribution in [1.29, 1.82) is 0 Å².